The summed E-state index contributed by atoms with van der Waals surface area (Å²) >= 11 is 0. The van der Waals surface area contributed by atoms with Crippen LogP contribution in [-0.4, -0.2) is 42.5 Å². The van der Waals surface area contributed by atoms with Crippen LogP contribution in [0.15, 0.2) is 42.7 Å². The second-order valence-electron chi connectivity index (χ2n) is 7.48. The summed E-state index contributed by atoms with van der Waals surface area (Å²) in [4.78, 5) is 2.55. The second kappa shape index (κ2) is 8.05. The molecule has 0 radical (unpaired) electrons. The van der Waals surface area contributed by atoms with Crippen LogP contribution in [0.2, 0.25) is 0 Å². The van der Waals surface area contributed by atoms with Gasteiger partial charge in [0.1, 0.15) is 12.4 Å². The van der Waals surface area contributed by atoms with Gasteiger partial charge in [0.05, 0.1) is 0 Å². The first-order valence-corrected chi connectivity index (χ1v) is 9.88. The highest BCUT2D eigenvalue weighted by atomic mass is 15.3. The number of piperidine rings is 1. The molecule has 3 heterocycles. The Hall–Kier alpha value is -2.47. The number of benzene rings is 1. The molecule has 0 spiro atoms. The van der Waals surface area contributed by atoms with Gasteiger partial charge in [0.2, 0.25) is 0 Å². The second-order valence-corrected chi connectivity index (χ2v) is 7.48. The van der Waals surface area contributed by atoms with Gasteiger partial charge in [-0.2, -0.15) is 5.10 Å². The standard InChI is InChI=1S/C21H28N6/c1-3-17-7-9-18(10-8-17)14-26-12-4-6-19(15-26)21-24-23-20(25(21)2)16-27-13-5-11-22-27/h5,7-11,13,19H,3-4,6,12,14-16H2,1-2H3/t19-/m0/s1. The fraction of sp³-hybridized carbons (Fsp3) is 0.476. The van der Waals surface area contributed by atoms with Crippen molar-refractivity contribution in [3.8, 4) is 0 Å². The molecule has 1 aliphatic heterocycles. The zero-order chi connectivity index (χ0) is 18.6. The molecule has 0 N–H and O–H groups in total. The van der Waals surface area contributed by atoms with Crippen LogP contribution >= 0.6 is 0 Å². The summed E-state index contributed by atoms with van der Waals surface area (Å²) in [5.74, 6) is 2.50. The molecule has 0 aliphatic carbocycles. The molecule has 3 aromatic rings. The van der Waals surface area contributed by atoms with Gasteiger partial charge in [0.25, 0.3) is 0 Å². The number of hydrogen-bond acceptors (Lipinski definition) is 4. The topological polar surface area (TPSA) is 51.8 Å². The van der Waals surface area contributed by atoms with Crippen molar-refractivity contribution in [3.63, 3.8) is 0 Å². The number of rotatable bonds is 6. The predicted octanol–water partition coefficient (Wildman–Crippen LogP) is 3.00. The molecule has 1 saturated heterocycles. The summed E-state index contributed by atoms with van der Waals surface area (Å²) in [6, 6.07) is 11.0. The van der Waals surface area contributed by atoms with Crippen molar-refractivity contribution in [1.82, 2.24) is 29.4 Å². The molecule has 0 saturated carbocycles. The number of aromatic nitrogens is 5. The molecule has 6 nitrogen and oxygen atoms in total. The summed E-state index contributed by atoms with van der Waals surface area (Å²) in [7, 11) is 2.08. The lowest BCUT2D eigenvalue weighted by molar-refractivity contribution is 0.195. The lowest BCUT2D eigenvalue weighted by Crippen LogP contribution is -2.34. The molecule has 0 amide bonds. The Morgan fingerprint density at radius 3 is 2.63 bits per heavy atom. The van der Waals surface area contributed by atoms with Crippen molar-refractivity contribution < 1.29 is 0 Å². The molecule has 0 unspecified atom stereocenters. The first-order valence-electron chi connectivity index (χ1n) is 9.88. The first kappa shape index (κ1) is 17.9. The highest BCUT2D eigenvalue weighted by Crippen LogP contribution is 2.27. The fourth-order valence-corrected chi connectivity index (χ4v) is 3.96. The summed E-state index contributed by atoms with van der Waals surface area (Å²) in [6.07, 6.45) is 7.24. The summed E-state index contributed by atoms with van der Waals surface area (Å²) in [5.41, 5.74) is 2.80. The van der Waals surface area contributed by atoms with E-state index in [-0.39, 0.29) is 0 Å². The van der Waals surface area contributed by atoms with Crippen molar-refractivity contribution in [2.24, 2.45) is 7.05 Å². The predicted molar refractivity (Wildman–Crippen MR) is 105 cm³/mol. The highest BCUT2D eigenvalue weighted by Gasteiger charge is 2.26. The molecular formula is C21H28N6. The van der Waals surface area contributed by atoms with E-state index in [9.17, 15) is 0 Å². The molecule has 6 heteroatoms. The van der Waals surface area contributed by atoms with Crippen LogP contribution < -0.4 is 0 Å². The van der Waals surface area contributed by atoms with E-state index in [4.69, 9.17) is 0 Å². The van der Waals surface area contributed by atoms with Crippen LogP contribution in [0.1, 0.15) is 48.5 Å². The van der Waals surface area contributed by atoms with E-state index in [1.165, 1.54) is 24.0 Å². The zero-order valence-electron chi connectivity index (χ0n) is 16.3. The van der Waals surface area contributed by atoms with E-state index < -0.39 is 0 Å². The maximum Gasteiger partial charge on any atom is 0.154 e. The van der Waals surface area contributed by atoms with E-state index in [2.05, 4.69) is 63.0 Å². The average Bonchev–Trinajstić information content (AvgIpc) is 3.33. The zero-order valence-corrected chi connectivity index (χ0v) is 16.3. The van der Waals surface area contributed by atoms with Gasteiger partial charge >= 0.3 is 0 Å². The maximum atomic E-state index is 4.53. The molecule has 1 aromatic carbocycles. The average molecular weight is 364 g/mol. The third-order valence-electron chi connectivity index (χ3n) is 5.57. The molecular weight excluding hydrogens is 336 g/mol. The normalized spacial score (nSPS) is 18.1. The molecule has 1 fully saturated rings. The smallest absolute Gasteiger partial charge is 0.154 e. The van der Waals surface area contributed by atoms with Crippen LogP contribution in [0.3, 0.4) is 0 Å². The van der Waals surface area contributed by atoms with Gasteiger partial charge in [-0.15, -0.1) is 10.2 Å². The van der Waals surface area contributed by atoms with E-state index in [1.54, 1.807) is 6.20 Å². The van der Waals surface area contributed by atoms with E-state index in [1.807, 2.05) is 16.9 Å². The third kappa shape index (κ3) is 4.11. The highest BCUT2D eigenvalue weighted by molar-refractivity contribution is 5.22. The SMILES string of the molecule is CCc1ccc(CN2CCC[C@H](c3nnc(Cn4cccn4)n3C)C2)cc1. The minimum Gasteiger partial charge on any atom is -0.316 e. The Bertz CT molecular complexity index is 849. The van der Waals surface area contributed by atoms with Crippen molar-refractivity contribution in [1.29, 1.82) is 0 Å². The van der Waals surface area contributed by atoms with Gasteiger partial charge in [0, 0.05) is 38.4 Å². The quantitative estimate of drug-likeness (QED) is 0.675. The van der Waals surface area contributed by atoms with Crippen LogP contribution in [0.25, 0.3) is 0 Å². The molecule has 1 aliphatic rings. The van der Waals surface area contributed by atoms with Crippen molar-refractivity contribution in [3.05, 3.63) is 65.5 Å². The third-order valence-corrected chi connectivity index (χ3v) is 5.57. The minimum absolute atomic E-state index is 0.442. The minimum atomic E-state index is 0.442. The Balaban J connectivity index is 1.42. The number of hydrogen-bond donors (Lipinski definition) is 0. The number of aryl methyl sites for hydroxylation is 1. The van der Waals surface area contributed by atoms with Gasteiger partial charge in [-0.05, 0) is 43.0 Å². The Morgan fingerprint density at radius 1 is 1.07 bits per heavy atom. The summed E-state index contributed by atoms with van der Waals surface area (Å²) in [5, 5.41) is 13.2. The van der Waals surface area contributed by atoms with Crippen LogP contribution in [0.5, 0.6) is 0 Å². The molecule has 2 aromatic heterocycles. The van der Waals surface area contributed by atoms with Crippen LogP contribution in [-0.2, 0) is 26.6 Å². The van der Waals surface area contributed by atoms with Gasteiger partial charge in [0.15, 0.2) is 5.82 Å². The van der Waals surface area contributed by atoms with E-state index in [0.717, 1.165) is 37.7 Å². The number of likely N-dealkylation sites (tertiary alicyclic amines) is 1. The van der Waals surface area contributed by atoms with Crippen molar-refractivity contribution >= 4 is 0 Å². The van der Waals surface area contributed by atoms with Gasteiger partial charge in [-0.3, -0.25) is 9.58 Å². The molecule has 142 valence electrons. The molecule has 4 rings (SSSR count). The molecule has 1 atom stereocenters. The molecule has 27 heavy (non-hydrogen) atoms. The van der Waals surface area contributed by atoms with Crippen LogP contribution in [0.4, 0.5) is 0 Å². The van der Waals surface area contributed by atoms with E-state index >= 15 is 0 Å². The maximum absolute atomic E-state index is 4.53. The van der Waals surface area contributed by atoms with Gasteiger partial charge < -0.3 is 4.57 Å². The Kier molecular flexibility index (Phi) is 5.34. The van der Waals surface area contributed by atoms with Gasteiger partial charge in [-0.25, -0.2) is 0 Å². The van der Waals surface area contributed by atoms with Gasteiger partial charge in [-0.1, -0.05) is 31.2 Å². The largest absolute Gasteiger partial charge is 0.316 e. The van der Waals surface area contributed by atoms with Crippen molar-refractivity contribution in [2.75, 3.05) is 13.1 Å². The Labute approximate surface area is 160 Å². The monoisotopic (exact) mass is 364 g/mol. The molecule has 0 bridgehead atoms. The lowest BCUT2D eigenvalue weighted by Gasteiger charge is -2.32. The summed E-state index contributed by atoms with van der Waals surface area (Å²) in [6.45, 7) is 6.08. The Morgan fingerprint density at radius 2 is 1.89 bits per heavy atom. The summed E-state index contributed by atoms with van der Waals surface area (Å²) < 4.78 is 4.05. The van der Waals surface area contributed by atoms with Crippen molar-refractivity contribution in [2.45, 2.75) is 45.2 Å². The fourth-order valence-electron chi connectivity index (χ4n) is 3.96. The first-order chi connectivity index (χ1) is 13.2. The number of nitrogens with zero attached hydrogens (tertiary/aromatic N) is 6. The van der Waals surface area contributed by atoms with E-state index in [0.29, 0.717) is 12.5 Å². The van der Waals surface area contributed by atoms with Crippen LogP contribution in [0, 0.1) is 0 Å². The lowest BCUT2D eigenvalue weighted by atomic mass is 9.96.